The first-order valence-electron chi connectivity index (χ1n) is 2.72. The van der Waals surface area contributed by atoms with Crippen molar-refractivity contribution < 1.29 is 4.43 Å². The molecule has 1 fully saturated rings. The SMILES string of the molecule is ClC1CCC[SiH](Cl)O1. The van der Waals surface area contributed by atoms with Gasteiger partial charge in [-0.25, -0.2) is 0 Å². The van der Waals surface area contributed by atoms with Crippen molar-refractivity contribution >= 4 is 31.0 Å². The van der Waals surface area contributed by atoms with Crippen LogP contribution in [-0.2, 0) is 4.43 Å². The average Bonchev–Trinajstić information content (AvgIpc) is 1.64. The summed E-state index contributed by atoms with van der Waals surface area (Å²) >= 11 is 11.4. The fourth-order valence-corrected chi connectivity index (χ4v) is 3.40. The summed E-state index contributed by atoms with van der Waals surface area (Å²) in [6.07, 6.45) is 2.12. The molecular weight excluding hydrogens is 163 g/mol. The summed E-state index contributed by atoms with van der Waals surface area (Å²) in [5.74, 6) is 0. The summed E-state index contributed by atoms with van der Waals surface area (Å²) in [6, 6.07) is 1.07. The molecule has 1 rings (SSSR count). The van der Waals surface area contributed by atoms with E-state index in [-0.39, 0.29) is 5.56 Å². The average molecular weight is 171 g/mol. The Hall–Kier alpha value is 0.757. The Labute approximate surface area is 60.4 Å². The summed E-state index contributed by atoms with van der Waals surface area (Å²) in [4.78, 5) is 0. The lowest BCUT2D eigenvalue weighted by molar-refractivity contribution is 0.258. The van der Waals surface area contributed by atoms with Gasteiger partial charge in [-0.2, -0.15) is 0 Å². The quantitative estimate of drug-likeness (QED) is 0.307. The van der Waals surface area contributed by atoms with Gasteiger partial charge in [0.25, 0.3) is 8.35 Å². The van der Waals surface area contributed by atoms with E-state index in [2.05, 4.69) is 0 Å². The van der Waals surface area contributed by atoms with E-state index < -0.39 is 8.35 Å². The largest absolute Gasteiger partial charge is 0.389 e. The standard InChI is InChI=1S/C4H8Cl2OSi/c5-4-2-1-3-8(6)7-4/h4,8H,1-3H2. The highest BCUT2D eigenvalue weighted by molar-refractivity contribution is 7.03. The Kier molecular flexibility index (Phi) is 2.63. The molecule has 1 aliphatic heterocycles. The highest BCUT2D eigenvalue weighted by atomic mass is 35.6. The van der Waals surface area contributed by atoms with Gasteiger partial charge < -0.3 is 4.43 Å². The van der Waals surface area contributed by atoms with Crippen LogP contribution in [-0.4, -0.2) is 13.9 Å². The molecule has 0 saturated carbocycles. The molecule has 0 aromatic carbocycles. The van der Waals surface area contributed by atoms with Crippen LogP contribution in [0.15, 0.2) is 0 Å². The Morgan fingerprint density at radius 1 is 1.62 bits per heavy atom. The molecule has 1 nitrogen and oxygen atoms in total. The fraction of sp³-hybridized carbons (Fsp3) is 1.00. The topological polar surface area (TPSA) is 9.23 Å². The summed E-state index contributed by atoms with van der Waals surface area (Å²) in [5, 5.41) is 0. The molecule has 0 spiro atoms. The van der Waals surface area contributed by atoms with Gasteiger partial charge in [-0.3, -0.25) is 0 Å². The molecule has 4 heteroatoms. The highest BCUT2D eigenvalue weighted by Crippen LogP contribution is 2.21. The third-order valence-electron chi connectivity index (χ3n) is 1.16. The van der Waals surface area contributed by atoms with Crippen LogP contribution in [0.5, 0.6) is 0 Å². The summed E-state index contributed by atoms with van der Waals surface area (Å²) in [5.41, 5.74) is -0.0853. The molecule has 0 N–H and O–H groups in total. The van der Waals surface area contributed by atoms with E-state index in [1.807, 2.05) is 0 Å². The molecule has 2 atom stereocenters. The first kappa shape index (κ1) is 6.87. The van der Waals surface area contributed by atoms with E-state index in [0.717, 1.165) is 18.9 Å². The normalized spacial score (nSPS) is 39.8. The third-order valence-corrected chi connectivity index (χ3v) is 4.10. The molecule has 0 aliphatic carbocycles. The lowest BCUT2D eigenvalue weighted by Gasteiger charge is -2.19. The summed E-state index contributed by atoms with van der Waals surface area (Å²) in [7, 11) is -1.31. The highest BCUT2D eigenvalue weighted by Gasteiger charge is 2.19. The van der Waals surface area contributed by atoms with E-state index in [1.165, 1.54) is 0 Å². The van der Waals surface area contributed by atoms with Gasteiger partial charge in [0, 0.05) is 0 Å². The van der Waals surface area contributed by atoms with Crippen LogP contribution in [0, 0.1) is 0 Å². The van der Waals surface area contributed by atoms with E-state index in [4.69, 9.17) is 27.1 Å². The molecule has 48 valence electrons. The maximum absolute atomic E-state index is 5.74. The monoisotopic (exact) mass is 170 g/mol. The zero-order valence-corrected chi connectivity index (χ0v) is 7.11. The lowest BCUT2D eigenvalue weighted by Crippen LogP contribution is -2.22. The molecule has 8 heavy (non-hydrogen) atoms. The van der Waals surface area contributed by atoms with Gasteiger partial charge in [-0.15, -0.1) is 11.1 Å². The third kappa shape index (κ3) is 1.94. The zero-order valence-electron chi connectivity index (χ0n) is 4.44. The predicted molar refractivity (Wildman–Crippen MR) is 37.8 cm³/mol. The van der Waals surface area contributed by atoms with Crippen molar-refractivity contribution in [1.29, 1.82) is 0 Å². The maximum Gasteiger partial charge on any atom is 0.275 e. The molecule has 0 aromatic heterocycles. The molecule has 2 unspecified atom stereocenters. The second-order valence-corrected chi connectivity index (χ2v) is 5.50. The van der Waals surface area contributed by atoms with Crippen molar-refractivity contribution in [1.82, 2.24) is 0 Å². The number of hydrogen-bond acceptors (Lipinski definition) is 1. The number of hydrogen-bond donors (Lipinski definition) is 0. The van der Waals surface area contributed by atoms with Gasteiger partial charge in [0.2, 0.25) is 0 Å². The number of rotatable bonds is 0. The van der Waals surface area contributed by atoms with Gasteiger partial charge >= 0.3 is 0 Å². The van der Waals surface area contributed by atoms with Crippen LogP contribution >= 0.6 is 22.7 Å². The van der Waals surface area contributed by atoms with E-state index in [0.29, 0.717) is 0 Å². The first-order chi connectivity index (χ1) is 3.79. The molecule has 1 saturated heterocycles. The minimum atomic E-state index is -1.31. The van der Waals surface area contributed by atoms with Gasteiger partial charge in [-0.1, -0.05) is 11.6 Å². The van der Waals surface area contributed by atoms with Crippen LogP contribution in [0.25, 0.3) is 0 Å². The van der Waals surface area contributed by atoms with Crippen LogP contribution in [0.3, 0.4) is 0 Å². The maximum atomic E-state index is 5.74. The minimum Gasteiger partial charge on any atom is -0.389 e. The predicted octanol–water partition coefficient (Wildman–Crippen LogP) is 1.82. The number of halogens is 2. The Bertz CT molecular complexity index is 72.4. The second kappa shape index (κ2) is 3.06. The van der Waals surface area contributed by atoms with Crippen molar-refractivity contribution in [3.8, 4) is 0 Å². The van der Waals surface area contributed by atoms with Crippen LogP contribution < -0.4 is 0 Å². The molecule has 0 radical (unpaired) electrons. The van der Waals surface area contributed by atoms with Crippen molar-refractivity contribution in [3.05, 3.63) is 0 Å². The van der Waals surface area contributed by atoms with Gasteiger partial charge in [0.05, 0.1) is 0 Å². The molecular formula is C4H8Cl2OSi. The van der Waals surface area contributed by atoms with Gasteiger partial charge in [0.1, 0.15) is 5.56 Å². The molecule has 1 aliphatic rings. The van der Waals surface area contributed by atoms with E-state index in [1.54, 1.807) is 0 Å². The summed E-state index contributed by atoms with van der Waals surface area (Å²) in [6.45, 7) is 0. The summed E-state index contributed by atoms with van der Waals surface area (Å²) < 4.78 is 5.16. The molecule has 0 bridgehead atoms. The lowest BCUT2D eigenvalue weighted by atomic mass is 10.3. The minimum absolute atomic E-state index is 0.0853. The van der Waals surface area contributed by atoms with Crippen molar-refractivity contribution in [2.24, 2.45) is 0 Å². The molecule has 0 aromatic rings. The fourth-order valence-electron chi connectivity index (χ4n) is 0.735. The molecule has 1 heterocycles. The van der Waals surface area contributed by atoms with Gasteiger partial charge in [0.15, 0.2) is 0 Å². The van der Waals surface area contributed by atoms with E-state index >= 15 is 0 Å². The smallest absolute Gasteiger partial charge is 0.275 e. The van der Waals surface area contributed by atoms with Crippen LogP contribution in [0.4, 0.5) is 0 Å². The number of alkyl halides is 1. The Balaban J connectivity index is 2.23. The van der Waals surface area contributed by atoms with Gasteiger partial charge in [-0.05, 0) is 18.9 Å². The van der Waals surface area contributed by atoms with Crippen LogP contribution in [0.2, 0.25) is 6.04 Å². The second-order valence-electron chi connectivity index (χ2n) is 1.89. The Morgan fingerprint density at radius 3 is 2.75 bits per heavy atom. The first-order valence-corrected chi connectivity index (χ1v) is 6.19. The van der Waals surface area contributed by atoms with Crippen molar-refractivity contribution in [2.45, 2.75) is 24.4 Å². The van der Waals surface area contributed by atoms with E-state index in [9.17, 15) is 0 Å². The zero-order chi connectivity index (χ0) is 5.98. The van der Waals surface area contributed by atoms with Crippen molar-refractivity contribution in [3.63, 3.8) is 0 Å². The molecule has 0 amide bonds. The van der Waals surface area contributed by atoms with Crippen molar-refractivity contribution in [2.75, 3.05) is 0 Å². The Morgan fingerprint density at radius 2 is 2.38 bits per heavy atom. The van der Waals surface area contributed by atoms with Crippen LogP contribution in [0.1, 0.15) is 12.8 Å².